The van der Waals surface area contributed by atoms with Gasteiger partial charge in [-0.2, -0.15) is 0 Å². The molecular formula is C10H13Cl2N3O. The number of rotatable bonds is 1. The quantitative estimate of drug-likeness (QED) is 0.840. The third kappa shape index (κ3) is 2.39. The highest BCUT2D eigenvalue weighted by Gasteiger charge is 2.26. The molecule has 2 atom stereocenters. The van der Waals surface area contributed by atoms with Crippen LogP contribution in [0.3, 0.4) is 0 Å². The van der Waals surface area contributed by atoms with Crippen LogP contribution in [-0.4, -0.2) is 34.5 Å². The maximum absolute atomic E-state index is 9.82. The van der Waals surface area contributed by atoms with E-state index in [9.17, 15) is 5.11 Å². The number of halogens is 2. The summed E-state index contributed by atoms with van der Waals surface area (Å²) in [7, 11) is 0. The predicted octanol–water partition coefficient (Wildman–Crippen LogP) is 1.99. The summed E-state index contributed by atoms with van der Waals surface area (Å²) in [5.41, 5.74) is 0.743. The fraction of sp³-hybridized carbons (Fsp3) is 0.600. The van der Waals surface area contributed by atoms with E-state index >= 15 is 0 Å². The molecule has 0 aromatic carbocycles. The molecule has 1 aliphatic rings. The monoisotopic (exact) mass is 261 g/mol. The van der Waals surface area contributed by atoms with Crippen molar-refractivity contribution >= 4 is 28.9 Å². The van der Waals surface area contributed by atoms with Gasteiger partial charge in [0.1, 0.15) is 0 Å². The van der Waals surface area contributed by atoms with E-state index in [1.165, 1.54) is 0 Å². The average molecular weight is 262 g/mol. The second-order valence-corrected chi connectivity index (χ2v) is 4.87. The van der Waals surface area contributed by atoms with E-state index in [2.05, 4.69) is 10.2 Å². The van der Waals surface area contributed by atoms with Gasteiger partial charge in [-0.3, -0.25) is 0 Å². The van der Waals surface area contributed by atoms with Crippen molar-refractivity contribution in [2.45, 2.75) is 19.4 Å². The topological polar surface area (TPSA) is 49.2 Å². The van der Waals surface area contributed by atoms with Crippen molar-refractivity contribution < 1.29 is 5.11 Å². The van der Waals surface area contributed by atoms with Crippen molar-refractivity contribution in [1.29, 1.82) is 0 Å². The Morgan fingerprint density at radius 3 is 2.88 bits per heavy atom. The van der Waals surface area contributed by atoms with Gasteiger partial charge in [0.05, 0.1) is 11.8 Å². The van der Waals surface area contributed by atoms with Crippen LogP contribution in [0.4, 0.5) is 5.69 Å². The highest BCUT2D eigenvalue weighted by Crippen LogP contribution is 2.29. The molecule has 4 nitrogen and oxygen atoms in total. The number of aliphatic hydroxyl groups is 1. The van der Waals surface area contributed by atoms with Crippen LogP contribution in [0.25, 0.3) is 0 Å². The molecule has 2 rings (SSSR count). The first-order valence-corrected chi connectivity index (χ1v) is 5.95. The molecule has 1 aromatic rings. The first-order chi connectivity index (χ1) is 7.58. The Bertz CT molecular complexity index is 388. The van der Waals surface area contributed by atoms with E-state index in [4.69, 9.17) is 23.2 Å². The number of anilines is 1. The fourth-order valence-electron chi connectivity index (χ4n) is 1.83. The summed E-state index contributed by atoms with van der Waals surface area (Å²) in [5, 5.41) is 17.9. The van der Waals surface area contributed by atoms with Gasteiger partial charge in [0, 0.05) is 19.2 Å². The zero-order chi connectivity index (χ0) is 11.7. The molecule has 0 amide bonds. The first kappa shape index (κ1) is 11.9. The van der Waals surface area contributed by atoms with Crippen molar-refractivity contribution in [2.75, 3.05) is 18.0 Å². The lowest BCUT2D eigenvalue weighted by atomic mass is 9.96. The van der Waals surface area contributed by atoms with Crippen LogP contribution in [0, 0.1) is 5.92 Å². The number of β-amino-alcohol motifs (C(OH)–C–C–N with tert-alkyl or cyclic N) is 1. The van der Waals surface area contributed by atoms with Crippen LogP contribution in [-0.2, 0) is 0 Å². The van der Waals surface area contributed by atoms with Crippen molar-refractivity contribution in [3.63, 3.8) is 0 Å². The molecular weight excluding hydrogens is 249 g/mol. The summed E-state index contributed by atoms with van der Waals surface area (Å²) >= 11 is 11.7. The van der Waals surface area contributed by atoms with Gasteiger partial charge in [0.15, 0.2) is 10.3 Å². The minimum absolute atomic E-state index is 0.313. The summed E-state index contributed by atoms with van der Waals surface area (Å²) in [4.78, 5) is 1.99. The standard InChI is InChI=1S/C10H13Cl2N3O/c1-6-2-3-15(5-8(6)16)7-4-9(11)13-14-10(7)12/h4,6,8,16H,2-3,5H2,1H3. The summed E-state index contributed by atoms with van der Waals surface area (Å²) in [6, 6.07) is 1.68. The average Bonchev–Trinajstić information content (AvgIpc) is 2.26. The number of aromatic nitrogens is 2. The molecule has 2 unspecified atom stereocenters. The fourth-order valence-corrected chi connectivity index (χ4v) is 2.19. The third-order valence-electron chi connectivity index (χ3n) is 2.96. The van der Waals surface area contributed by atoms with Crippen molar-refractivity contribution in [2.24, 2.45) is 5.92 Å². The van der Waals surface area contributed by atoms with E-state index in [0.29, 0.717) is 22.8 Å². The Hall–Kier alpha value is -0.580. The van der Waals surface area contributed by atoms with Gasteiger partial charge in [0.25, 0.3) is 0 Å². The Kier molecular flexibility index (Phi) is 3.52. The van der Waals surface area contributed by atoms with Crippen LogP contribution in [0.5, 0.6) is 0 Å². The Labute approximate surface area is 104 Å². The largest absolute Gasteiger partial charge is 0.391 e. The SMILES string of the molecule is CC1CCN(c2cc(Cl)nnc2Cl)CC1O. The highest BCUT2D eigenvalue weighted by molar-refractivity contribution is 6.33. The molecule has 0 spiro atoms. The van der Waals surface area contributed by atoms with E-state index in [-0.39, 0.29) is 6.10 Å². The lowest BCUT2D eigenvalue weighted by Gasteiger charge is -2.35. The number of hydrogen-bond acceptors (Lipinski definition) is 4. The third-order valence-corrected chi connectivity index (χ3v) is 3.41. The minimum Gasteiger partial charge on any atom is -0.391 e. The van der Waals surface area contributed by atoms with Gasteiger partial charge in [0.2, 0.25) is 0 Å². The van der Waals surface area contributed by atoms with Gasteiger partial charge in [-0.15, -0.1) is 10.2 Å². The molecule has 6 heteroatoms. The zero-order valence-electron chi connectivity index (χ0n) is 8.90. The smallest absolute Gasteiger partial charge is 0.175 e. The van der Waals surface area contributed by atoms with Crippen molar-refractivity contribution in [3.8, 4) is 0 Å². The molecule has 1 fully saturated rings. The van der Waals surface area contributed by atoms with Crippen LogP contribution >= 0.6 is 23.2 Å². The molecule has 1 N–H and O–H groups in total. The van der Waals surface area contributed by atoms with Gasteiger partial charge < -0.3 is 10.0 Å². The van der Waals surface area contributed by atoms with Gasteiger partial charge in [-0.05, 0) is 12.3 Å². The highest BCUT2D eigenvalue weighted by atomic mass is 35.5. The normalized spacial score (nSPS) is 25.9. The molecule has 0 saturated carbocycles. The maximum atomic E-state index is 9.82. The molecule has 0 radical (unpaired) electrons. The number of piperidine rings is 1. The molecule has 1 aliphatic heterocycles. The number of nitrogens with zero attached hydrogens (tertiary/aromatic N) is 3. The molecule has 16 heavy (non-hydrogen) atoms. The van der Waals surface area contributed by atoms with Gasteiger partial charge >= 0.3 is 0 Å². The maximum Gasteiger partial charge on any atom is 0.175 e. The summed E-state index contributed by atoms with van der Waals surface area (Å²) < 4.78 is 0. The second-order valence-electron chi connectivity index (χ2n) is 4.12. The van der Waals surface area contributed by atoms with Crippen LogP contribution in [0.15, 0.2) is 6.07 Å². The van der Waals surface area contributed by atoms with Crippen LogP contribution in [0.1, 0.15) is 13.3 Å². The second kappa shape index (κ2) is 4.73. The summed E-state index contributed by atoms with van der Waals surface area (Å²) in [5.74, 6) is 0.320. The number of hydrogen-bond donors (Lipinski definition) is 1. The molecule has 0 aliphatic carbocycles. The van der Waals surface area contributed by atoms with E-state index in [1.54, 1.807) is 6.07 Å². The van der Waals surface area contributed by atoms with Crippen molar-refractivity contribution in [3.05, 3.63) is 16.4 Å². The summed E-state index contributed by atoms with van der Waals surface area (Å²) in [6.07, 6.45) is 0.592. The van der Waals surface area contributed by atoms with E-state index in [1.807, 2.05) is 11.8 Å². The van der Waals surface area contributed by atoms with Crippen LogP contribution in [0.2, 0.25) is 10.3 Å². The lowest BCUT2D eigenvalue weighted by molar-refractivity contribution is 0.103. The summed E-state index contributed by atoms with van der Waals surface area (Å²) in [6.45, 7) is 3.45. The van der Waals surface area contributed by atoms with Gasteiger partial charge in [-0.1, -0.05) is 30.1 Å². The first-order valence-electron chi connectivity index (χ1n) is 5.19. The molecule has 1 saturated heterocycles. The van der Waals surface area contributed by atoms with Gasteiger partial charge in [-0.25, -0.2) is 0 Å². The molecule has 1 aromatic heterocycles. The Morgan fingerprint density at radius 2 is 2.19 bits per heavy atom. The molecule has 88 valence electrons. The zero-order valence-corrected chi connectivity index (χ0v) is 10.4. The van der Waals surface area contributed by atoms with E-state index in [0.717, 1.165) is 18.7 Å². The van der Waals surface area contributed by atoms with E-state index < -0.39 is 0 Å². The predicted molar refractivity (Wildman–Crippen MR) is 64.1 cm³/mol. The lowest BCUT2D eigenvalue weighted by Crippen LogP contribution is -2.43. The Morgan fingerprint density at radius 1 is 1.44 bits per heavy atom. The van der Waals surface area contributed by atoms with Crippen LogP contribution < -0.4 is 4.90 Å². The number of aliphatic hydroxyl groups excluding tert-OH is 1. The minimum atomic E-state index is -0.336. The Balaban J connectivity index is 2.21. The molecule has 0 bridgehead atoms. The van der Waals surface area contributed by atoms with Crippen molar-refractivity contribution in [1.82, 2.24) is 10.2 Å². The molecule has 2 heterocycles.